The van der Waals surface area contributed by atoms with E-state index in [-0.39, 0.29) is 68.0 Å². The quantitative estimate of drug-likeness (QED) is 0.215. The Morgan fingerprint density at radius 1 is 0.667 bits per heavy atom. The summed E-state index contributed by atoms with van der Waals surface area (Å²) in [5.41, 5.74) is -2.93. The third-order valence-electron chi connectivity index (χ3n) is 16.1. The van der Waals surface area contributed by atoms with Gasteiger partial charge in [-0.1, -0.05) is 0 Å². The van der Waals surface area contributed by atoms with Crippen LogP contribution in [0.5, 0.6) is 0 Å². The molecule has 1 spiro atoms. The van der Waals surface area contributed by atoms with Gasteiger partial charge >= 0.3 is 23.8 Å². The van der Waals surface area contributed by atoms with Crippen molar-refractivity contribution in [2.24, 2.45) is 69.5 Å². The molecule has 1 heterocycles. The highest BCUT2D eigenvalue weighted by Crippen LogP contribution is 2.65. The fourth-order valence-electron chi connectivity index (χ4n) is 14.7. The van der Waals surface area contributed by atoms with Crippen LogP contribution in [0.4, 0.5) is 8.78 Å². The van der Waals surface area contributed by atoms with E-state index in [1.807, 2.05) is 0 Å². The lowest BCUT2D eigenvalue weighted by Crippen LogP contribution is -2.69. The molecular formula is C40H52F2O9. The number of rotatable bonds is 8. The number of halogens is 2. The first-order chi connectivity index (χ1) is 24.2. The maximum Gasteiger partial charge on any atom is 0.377 e. The van der Waals surface area contributed by atoms with E-state index in [0.717, 1.165) is 51.4 Å². The van der Waals surface area contributed by atoms with Gasteiger partial charge in [0.1, 0.15) is 24.6 Å². The molecule has 13 fully saturated rings. The van der Waals surface area contributed by atoms with Gasteiger partial charge in [0.15, 0.2) is 5.79 Å². The van der Waals surface area contributed by atoms with Crippen molar-refractivity contribution in [1.82, 2.24) is 0 Å². The normalized spacial score (nSPS) is 51.3. The molecule has 0 radical (unpaired) electrons. The number of esters is 3. The molecule has 0 amide bonds. The van der Waals surface area contributed by atoms with Crippen LogP contribution >= 0.6 is 0 Å². The molecular weight excluding hydrogens is 662 g/mol. The summed E-state index contributed by atoms with van der Waals surface area (Å²) in [5, 5.41) is 0. The van der Waals surface area contributed by atoms with E-state index in [2.05, 4.69) is 0 Å². The van der Waals surface area contributed by atoms with Crippen molar-refractivity contribution in [3.05, 3.63) is 0 Å². The van der Waals surface area contributed by atoms with E-state index >= 15 is 0 Å². The molecule has 11 heteroatoms. The third-order valence-corrected chi connectivity index (χ3v) is 16.1. The van der Waals surface area contributed by atoms with Crippen LogP contribution in [0.2, 0.25) is 0 Å². The first-order valence-corrected chi connectivity index (χ1v) is 20.0. The summed E-state index contributed by atoms with van der Waals surface area (Å²) in [6.07, 6.45) is 12.9. The smallest absolute Gasteiger partial charge is 0.377 e. The average Bonchev–Trinajstić information content (AvgIpc) is 3.06. The number of Topliss-reactive ketones (excluding diaryl/α,β-unsaturated/α-hetero) is 1. The Labute approximate surface area is 297 Å². The van der Waals surface area contributed by atoms with Crippen molar-refractivity contribution >= 4 is 23.7 Å². The zero-order chi connectivity index (χ0) is 35.2. The highest BCUT2D eigenvalue weighted by atomic mass is 19.3. The molecule has 12 saturated carbocycles. The number of carbonyl (C=O) groups excluding carboxylic acids is 4. The summed E-state index contributed by atoms with van der Waals surface area (Å²) in [7, 11) is 0. The molecule has 0 aromatic carbocycles. The highest BCUT2D eigenvalue weighted by Gasteiger charge is 2.68. The molecule has 9 nitrogen and oxygen atoms in total. The molecule has 280 valence electrons. The van der Waals surface area contributed by atoms with Gasteiger partial charge < -0.3 is 23.7 Å². The van der Waals surface area contributed by atoms with Crippen LogP contribution in [0, 0.1) is 69.5 Å². The van der Waals surface area contributed by atoms with Crippen molar-refractivity contribution in [2.75, 3.05) is 26.4 Å². The van der Waals surface area contributed by atoms with Crippen LogP contribution in [0.1, 0.15) is 110 Å². The maximum absolute atomic E-state index is 14.0. The molecule has 12 aliphatic carbocycles. The largest absolute Gasteiger partial charge is 0.464 e. The van der Waals surface area contributed by atoms with Gasteiger partial charge in [-0.3, -0.25) is 14.4 Å². The number of carbonyl (C=O) groups is 4. The van der Waals surface area contributed by atoms with Crippen molar-refractivity contribution in [3.8, 4) is 0 Å². The van der Waals surface area contributed by atoms with E-state index in [4.69, 9.17) is 23.7 Å². The van der Waals surface area contributed by atoms with Gasteiger partial charge in [-0.25, -0.2) is 4.79 Å². The van der Waals surface area contributed by atoms with Crippen molar-refractivity contribution < 1.29 is 51.6 Å². The number of hydrogen-bond acceptors (Lipinski definition) is 9. The summed E-state index contributed by atoms with van der Waals surface area (Å²) in [6, 6.07) is 0. The summed E-state index contributed by atoms with van der Waals surface area (Å²) in [4.78, 5) is 53.2. The Kier molecular flexibility index (Phi) is 7.19. The Morgan fingerprint density at radius 2 is 1.12 bits per heavy atom. The minimum atomic E-state index is -3.56. The lowest BCUT2D eigenvalue weighted by molar-refractivity contribution is -0.397. The zero-order valence-electron chi connectivity index (χ0n) is 29.8. The Balaban J connectivity index is 0.871. The second-order valence-corrected chi connectivity index (χ2v) is 20.0. The van der Waals surface area contributed by atoms with Gasteiger partial charge in [0, 0.05) is 30.6 Å². The molecule has 13 aliphatic rings. The second kappa shape index (κ2) is 11.0. The molecule has 4 atom stereocenters. The van der Waals surface area contributed by atoms with Crippen LogP contribution in [0.25, 0.3) is 0 Å². The lowest BCUT2D eigenvalue weighted by atomic mass is 9.49. The van der Waals surface area contributed by atoms with Crippen molar-refractivity contribution in [3.63, 3.8) is 0 Å². The summed E-state index contributed by atoms with van der Waals surface area (Å²) >= 11 is 0. The van der Waals surface area contributed by atoms with Gasteiger partial charge in [0.2, 0.25) is 0 Å². The molecule has 4 unspecified atom stereocenters. The molecule has 13 rings (SSSR count). The summed E-state index contributed by atoms with van der Waals surface area (Å²) in [5.74, 6) is -4.06. The van der Waals surface area contributed by atoms with Gasteiger partial charge in [-0.15, -0.1) is 0 Å². The highest BCUT2D eigenvalue weighted by molar-refractivity contribution is 5.89. The monoisotopic (exact) mass is 714 g/mol. The maximum atomic E-state index is 14.0. The Hall–Kier alpha value is -2.14. The van der Waals surface area contributed by atoms with E-state index < -0.39 is 39.5 Å². The Bertz CT molecular complexity index is 1450. The first kappa shape index (κ1) is 33.4. The van der Waals surface area contributed by atoms with Crippen LogP contribution < -0.4 is 0 Å². The second-order valence-electron chi connectivity index (χ2n) is 20.0. The molecule has 1 aliphatic heterocycles. The number of ketones is 1. The van der Waals surface area contributed by atoms with E-state index in [1.54, 1.807) is 0 Å². The minimum Gasteiger partial charge on any atom is -0.464 e. The molecule has 0 N–H and O–H groups in total. The lowest BCUT2D eigenvalue weighted by Gasteiger charge is -2.65. The number of alkyl halides is 2. The van der Waals surface area contributed by atoms with E-state index in [1.165, 1.54) is 19.3 Å². The zero-order valence-corrected chi connectivity index (χ0v) is 29.8. The molecule has 1 saturated heterocycles. The molecule has 12 bridgehead atoms. The van der Waals surface area contributed by atoms with E-state index in [9.17, 15) is 28.0 Å². The predicted molar refractivity (Wildman–Crippen MR) is 174 cm³/mol. The number of ether oxygens (including phenoxy) is 5. The molecule has 51 heavy (non-hydrogen) atoms. The standard InChI is InChI=1S/C40H52F2O9/c1-35(41,42)32(44)51-39-13-26-7-29(16-39)40(30(8-26)17-39)49-20-36(21-50-40,18-47-33(45)37-9-22-2-23(10-37)4-24(3-22)11-37)19-48-34(46)38-12-25-5-27(14-38)31(43)28(6-25)15-38/h22-30H,2-21H2,1H3. The van der Waals surface area contributed by atoms with Crippen LogP contribution in [-0.4, -0.2) is 67.4 Å². The van der Waals surface area contributed by atoms with Gasteiger partial charge in [-0.05, 0) is 132 Å². The topological polar surface area (TPSA) is 114 Å². The average molecular weight is 715 g/mol. The van der Waals surface area contributed by atoms with E-state index in [0.29, 0.717) is 68.5 Å². The Morgan fingerprint density at radius 3 is 1.61 bits per heavy atom. The fourth-order valence-corrected chi connectivity index (χ4v) is 14.7. The molecule has 0 aromatic heterocycles. The SMILES string of the molecule is CC(F)(F)C(=O)OC12CC3CC(C1)C1(OCC(COC(=O)C45CC6CC(CC(C6)C4)C5)(COC(=O)C45CC6CC(C4)C(=O)C(C6)C5)CO1)C(C3)C2. The van der Waals surface area contributed by atoms with Crippen LogP contribution in [0.15, 0.2) is 0 Å². The predicted octanol–water partition coefficient (Wildman–Crippen LogP) is 6.19. The fraction of sp³-hybridized carbons (Fsp3) is 0.900. The third kappa shape index (κ3) is 5.15. The van der Waals surface area contributed by atoms with Crippen LogP contribution in [-0.2, 0) is 42.9 Å². The number of hydrogen-bond donors (Lipinski definition) is 0. The van der Waals surface area contributed by atoms with Crippen molar-refractivity contribution in [2.45, 2.75) is 127 Å². The minimum absolute atomic E-state index is 0.0153. The summed E-state index contributed by atoms with van der Waals surface area (Å²) in [6.45, 7) is 0.894. The van der Waals surface area contributed by atoms with Crippen molar-refractivity contribution in [1.29, 1.82) is 0 Å². The van der Waals surface area contributed by atoms with Gasteiger partial charge in [0.05, 0.1) is 29.5 Å². The first-order valence-electron chi connectivity index (χ1n) is 20.0. The molecule has 0 aromatic rings. The van der Waals surface area contributed by atoms with Crippen LogP contribution in [0.3, 0.4) is 0 Å². The van der Waals surface area contributed by atoms with Gasteiger partial charge in [-0.2, -0.15) is 8.78 Å². The van der Waals surface area contributed by atoms with Gasteiger partial charge in [0.25, 0.3) is 0 Å². The summed E-state index contributed by atoms with van der Waals surface area (Å²) < 4.78 is 59.6.